The van der Waals surface area contributed by atoms with Crippen LogP contribution in [0.5, 0.6) is 0 Å². The van der Waals surface area contributed by atoms with Gasteiger partial charge in [0.2, 0.25) is 0 Å². The first-order valence-electron chi connectivity index (χ1n) is 5.16. The van der Waals surface area contributed by atoms with Gasteiger partial charge in [0, 0.05) is 5.02 Å². The Bertz CT molecular complexity index is 767. The predicted molar refractivity (Wildman–Crippen MR) is 70.0 cm³/mol. The summed E-state index contributed by atoms with van der Waals surface area (Å²) in [5, 5.41) is 8.44. The number of benzene rings is 1. The summed E-state index contributed by atoms with van der Waals surface area (Å²) in [5.41, 5.74) is 2.51. The van der Waals surface area contributed by atoms with Crippen molar-refractivity contribution in [3.8, 4) is 0 Å². The zero-order chi connectivity index (χ0) is 12.5. The molecule has 90 valence electrons. The van der Waals surface area contributed by atoms with Crippen LogP contribution in [0.3, 0.4) is 0 Å². The Morgan fingerprint density at radius 1 is 1.33 bits per heavy atom. The van der Waals surface area contributed by atoms with E-state index in [0.717, 1.165) is 5.56 Å². The van der Waals surface area contributed by atoms with Crippen molar-refractivity contribution in [2.75, 3.05) is 0 Å². The third-order valence-electron chi connectivity index (χ3n) is 2.51. The number of rotatable bonds is 2. The highest BCUT2D eigenvalue weighted by atomic mass is 35.5. The number of hydrogen-bond acceptors (Lipinski definition) is 5. The molecular weight excluding hydrogens is 272 g/mol. The quantitative estimate of drug-likeness (QED) is 0.719. The molecule has 0 amide bonds. The van der Waals surface area contributed by atoms with Crippen LogP contribution in [0.15, 0.2) is 34.6 Å². The molecule has 18 heavy (non-hydrogen) atoms. The van der Waals surface area contributed by atoms with Gasteiger partial charge in [0.15, 0.2) is 10.3 Å². The lowest BCUT2D eigenvalue weighted by Gasteiger charge is -2.04. The second kappa shape index (κ2) is 4.47. The van der Waals surface area contributed by atoms with Crippen LogP contribution in [0.4, 0.5) is 0 Å². The largest absolute Gasteiger partial charge is 0.297 e. The molecule has 0 radical (unpaired) electrons. The van der Waals surface area contributed by atoms with Crippen molar-refractivity contribution in [3.05, 3.63) is 50.7 Å². The summed E-state index contributed by atoms with van der Waals surface area (Å²) in [7, 11) is 0. The van der Waals surface area contributed by atoms with Crippen LogP contribution in [-0.2, 0) is 6.54 Å². The summed E-state index contributed by atoms with van der Waals surface area (Å²) in [4.78, 5) is 16.6. The van der Waals surface area contributed by atoms with E-state index in [9.17, 15) is 4.79 Å². The van der Waals surface area contributed by atoms with Crippen molar-refractivity contribution in [2.45, 2.75) is 6.54 Å². The fourth-order valence-electron chi connectivity index (χ4n) is 1.61. The van der Waals surface area contributed by atoms with E-state index in [-0.39, 0.29) is 5.56 Å². The molecule has 0 saturated heterocycles. The minimum absolute atomic E-state index is 0.249. The minimum Gasteiger partial charge on any atom is -0.265 e. The van der Waals surface area contributed by atoms with Crippen molar-refractivity contribution >= 4 is 33.3 Å². The maximum atomic E-state index is 12.1. The summed E-state index contributed by atoms with van der Waals surface area (Å²) < 4.78 is 1.27. The molecule has 3 aromatic rings. The lowest BCUT2D eigenvalue weighted by atomic mass is 10.2. The molecule has 0 bridgehead atoms. The van der Waals surface area contributed by atoms with E-state index >= 15 is 0 Å². The highest BCUT2D eigenvalue weighted by molar-refractivity contribution is 7.16. The van der Waals surface area contributed by atoms with Crippen molar-refractivity contribution in [1.29, 1.82) is 0 Å². The second-order valence-electron chi connectivity index (χ2n) is 3.65. The number of fused-ring (bicyclic) bond motifs is 1. The first-order valence-corrected chi connectivity index (χ1v) is 6.42. The van der Waals surface area contributed by atoms with Crippen LogP contribution in [0.2, 0.25) is 5.02 Å². The number of nitrogens with zero attached hydrogens (tertiary/aromatic N) is 4. The fraction of sp³-hybridized carbons (Fsp3) is 0.0909. The Hall–Kier alpha value is -1.79. The number of hydrogen-bond donors (Lipinski definition) is 0. The Labute approximate surface area is 111 Å². The minimum atomic E-state index is -0.249. The molecule has 3 rings (SSSR count). The molecule has 5 nitrogen and oxygen atoms in total. The molecule has 2 aromatic heterocycles. The van der Waals surface area contributed by atoms with Gasteiger partial charge in [0.1, 0.15) is 0 Å². The maximum absolute atomic E-state index is 12.1. The molecule has 0 aliphatic rings. The van der Waals surface area contributed by atoms with Crippen LogP contribution in [0, 0.1) is 0 Å². The Kier molecular flexibility index (Phi) is 2.81. The van der Waals surface area contributed by atoms with Crippen molar-refractivity contribution in [2.24, 2.45) is 0 Å². The standard InChI is InChI=1S/C11H7ClN4OS/c12-8-4-2-1-3-7(8)5-16-11(17)9-10(14-15-16)18-6-13-9/h1-4,6H,5H2. The topological polar surface area (TPSA) is 60.7 Å². The van der Waals surface area contributed by atoms with Gasteiger partial charge < -0.3 is 0 Å². The number of halogens is 1. The zero-order valence-corrected chi connectivity index (χ0v) is 10.6. The van der Waals surface area contributed by atoms with Crippen LogP contribution < -0.4 is 5.56 Å². The number of aromatic nitrogens is 4. The summed E-state index contributed by atoms with van der Waals surface area (Å²) in [6.07, 6.45) is 0. The lowest BCUT2D eigenvalue weighted by Crippen LogP contribution is -2.24. The number of thiazole rings is 1. The van der Waals surface area contributed by atoms with E-state index in [1.165, 1.54) is 16.0 Å². The highest BCUT2D eigenvalue weighted by Gasteiger charge is 2.09. The second-order valence-corrected chi connectivity index (χ2v) is 4.89. The van der Waals surface area contributed by atoms with Crippen molar-refractivity contribution in [3.63, 3.8) is 0 Å². The first-order chi connectivity index (χ1) is 8.75. The van der Waals surface area contributed by atoms with Gasteiger partial charge in [-0.3, -0.25) is 4.79 Å². The third kappa shape index (κ3) is 1.89. The SMILES string of the molecule is O=c1c2ncsc2nnn1Cc1ccccc1Cl. The van der Waals surface area contributed by atoms with Crippen LogP contribution in [0.25, 0.3) is 10.3 Å². The van der Waals surface area contributed by atoms with Gasteiger partial charge in [-0.05, 0) is 11.6 Å². The normalized spacial score (nSPS) is 10.9. The molecule has 0 spiro atoms. The summed E-state index contributed by atoms with van der Waals surface area (Å²) >= 11 is 7.34. The first kappa shape index (κ1) is 11.3. The average Bonchev–Trinajstić information content (AvgIpc) is 2.84. The van der Waals surface area contributed by atoms with Gasteiger partial charge in [-0.1, -0.05) is 35.0 Å². The molecular formula is C11H7ClN4OS. The third-order valence-corrected chi connectivity index (χ3v) is 3.58. The average molecular weight is 279 g/mol. The van der Waals surface area contributed by atoms with Gasteiger partial charge in [-0.2, -0.15) is 0 Å². The predicted octanol–water partition coefficient (Wildman–Crippen LogP) is 1.95. The molecule has 0 aliphatic heterocycles. The Balaban J connectivity index is 2.08. The van der Waals surface area contributed by atoms with Crippen molar-refractivity contribution in [1.82, 2.24) is 20.0 Å². The van der Waals surface area contributed by atoms with Gasteiger partial charge >= 0.3 is 0 Å². The maximum Gasteiger partial charge on any atom is 0.297 e. The van der Waals surface area contributed by atoms with Crippen molar-refractivity contribution < 1.29 is 0 Å². The molecule has 2 heterocycles. The fourth-order valence-corrected chi connectivity index (χ4v) is 2.40. The van der Waals surface area contributed by atoms with Gasteiger partial charge in [0.25, 0.3) is 5.56 Å². The van der Waals surface area contributed by atoms with Gasteiger partial charge in [-0.25, -0.2) is 9.67 Å². The van der Waals surface area contributed by atoms with E-state index in [4.69, 9.17) is 11.6 Å². The smallest absolute Gasteiger partial charge is 0.265 e. The van der Waals surface area contributed by atoms with E-state index in [1.807, 2.05) is 18.2 Å². The zero-order valence-electron chi connectivity index (χ0n) is 9.08. The molecule has 0 aliphatic carbocycles. The van der Waals surface area contributed by atoms with Crippen LogP contribution in [-0.4, -0.2) is 20.0 Å². The molecule has 0 atom stereocenters. The van der Waals surface area contributed by atoms with Gasteiger partial charge in [-0.15, -0.1) is 16.4 Å². The van der Waals surface area contributed by atoms with E-state index < -0.39 is 0 Å². The summed E-state index contributed by atoms with van der Waals surface area (Å²) in [6, 6.07) is 7.32. The Morgan fingerprint density at radius 2 is 2.17 bits per heavy atom. The lowest BCUT2D eigenvalue weighted by molar-refractivity contribution is 0.601. The molecule has 0 fully saturated rings. The van der Waals surface area contributed by atoms with E-state index in [2.05, 4.69) is 15.3 Å². The molecule has 0 unspecified atom stereocenters. The van der Waals surface area contributed by atoms with Crippen LogP contribution >= 0.6 is 22.9 Å². The molecule has 7 heteroatoms. The van der Waals surface area contributed by atoms with E-state index in [1.54, 1.807) is 11.6 Å². The van der Waals surface area contributed by atoms with Gasteiger partial charge in [0.05, 0.1) is 12.1 Å². The Morgan fingerprint density at radius 3 is 3.00 bits per heavy atom. The highest BCUT2D eigenvalue weighted by Crippen LogP contribution is 2.15. The molecule has 1 aromatic carbocycles. The molecule has 0 N–H and O–H groups in total. The summed E-state index contributed by atoms with van der Waals surface area (Å²) in [6.45, 7) is 0.291. The summed E-state index contributed by atoms with van der Waals surface area (Å²) in [5.74, 6) is 0. The van der Waals surface area contributed by atoms with E-state index in [0.29, 0.717) is 21.9 Å². The molecule has 0 saturated carbocycles. The van der Waals surface area contributed by atoms with Crippen LogP contribution in [0.1, 0.15) is 5.56 Å². The monoisotopic (exact) mass is 278 g/mol.